The van der Waals surface area contributed by atoms with Gasteiger partial charge in [0.15, 0.2) is 11.5 Å². The highest BCUT2D eigenvalue weighted by Crippen LogP contribution is 2.42. The van der Waals surface area contributed by atoms with E-state index < -0.39 is 12.0 Å². The standard InChI is InChI=1S/C22H27NO4/c1-4-15-10-12-16(13-11-15)20(23-14-6-8-18(23)22(24)25)17-7-5-9-19(26-2)21(17)27-3/h5,7,9-13,18,20H,4,6,8,14H2,1-3H3,(H,24,25). The van der Waals surface area contributed by atoms with Crippen LogP contribution in [0.2, 0.25) is 0 Å². The van der Waals surface area contributed by atoms with E-state index in [4.69, 9.17) is 9.47 Å². The molecule has 27 heavy (non-hydrogen) atoms. The van der Waals surface area contributed by atoms with E-state index in [1.165, 1.54) is 5.56 Å². The number of ether oxygens (including phenoxy) is 2. The molecule has 5 heteroatoms. The minimum absolute atomic E-state index is 0.204. The maximum atomic E-state index is 11.9. The van der Waals surface area contributed by atoms with Crippen LogP contribution in [0.4, 0.5) is 0 Å². The van der Waals surface area contributed by atoms with E-state index in [9.17, 15) is 9.90 Å². The fraction of sp³-hybridized carbons (Fsp3) is 0.409. The van der Waals surface area contributed by atoms with Gasteiger partial charge in [-0.3, -0.25) is 9.69 Å². The Labute approximate surface area is 160 Å². The second-order valence-corrected chi connectivity index (χ2v) is 6.81. The second-order valence-electron chi connectivity index (χ2n) is 6.81. The van der Waals surface area contributed by atoms with Gasteiger partial charge < -0.3 is 14.6 Å². The number of para-hydroxylation sites is 1. The number of rotatable bonds is 7. The summed E-state index contributed by atoms with van der Waals surface area (Å²) in [6.45, 7) is 2.86. The minimum Gasteiger partial charge on any atom is -0.493 e. The molecule has 2 aromatic rings. The van der Waals surface area contributed by atoms with Crippen LogP contribution >= 0.6 is 0 Å². The van der Waals surface area contributed by atoms with E-state index in [0.717, 1.165) is 30.5 Å². The topological polar surface area (TPSA) is 59.0 Å². The molecule has 2 aromatic carbocycles. The molecule has 1 aliphatic rings. The van der Waals surface area contributed by atoms with Crippen molar-refractivity contribution >= 4 is 5.97 Å². The summed E-state index contributed by atoms with van der Waals surface area (Å²) < 4.78 is 11.1. The molecule has 3 rings (SSSR count). The van der Waals surface area contributed by atoms with Crippen LogP contribution in [0.1, 0.15) is 42.5 Å². The van der Waals surface area contributed by atoms with Crippen molar-refractivity contribution in [1.29, 1.82) is 0 Å². The Hall–Kier alpha value is -2.53. The molecule has 1 saturated heterocycles. The summed E-state index contributed by atoms with van der Waals surface area (Å²) >= 11 is 0. The van der Waals surface area contributed by atoms with E-state index in [1.807, 2.05) is 18.2 Å². The minimum atomic E-state index is -0.774. The summed E-state index contributed by atoms with van der Waals surface area (Å²) in [7, 11) is 3.24. The molecule has 0 amide bonds. The number of carboxylic acid groups (broad SMARTS) is 1. The number of methoxy groups -OCH3 is 2. The van der Waals surface area contributed by atoms with Crippen LogP contribution in [0.15, 0.2) is 42.5 Å². The predicted octanol–water partition coefficient (Wildman–Crippen LogP) is 3.90. The van der Waals surface area contributed by atoms with Crippen molar-refractivity contribution in [2.45, 2.75) is 38.3 Å². The summed E-state index contributed by atoms with van der Waals surface area (Å²) in [5.74, 6) is 0.529. The van der Waals surface area contributed by atoms with Gasteiger partial charge in [-0.15, -0.1) is 0 Å². The second kappa shape index (κ2) is 8.44. The molecule has 0 aliphatic carbocycles. The van der Waals surface area contributed by atoms with Gasteiger partial charge in [0, 0.05) is 12.1 Å². The number of nitrogens with zero attached hydrogens (tertiary/aromatic N) is 1. The number of aryl methyl sites for hydroxylation is 1. The quantitative estimate of drug-likeness (QED) is 0.802. The molecular formula is C22H27NO4. The number of hydrogen-bond donors (Lipinski definition) is 1. The molecule has 0 aromatic heterocycles. The van der Waals surface area contributed by atoms with Crippen molar-refractivity contribution in [3.63, 3.8) is 0 Å². The SMILES string of the molecule is CCc1ccc(C(c2cccc(OC)c2OC)N2CCCC2C(=O)O)cc1. The predicted molar refractivity (Wildman–Crippen MR) is 105 cm³/mol. The van der Waals surface area contributed by atoms with Crippen LogP contribution < -0.4 is 9.47 Å². The summed E-state index contributed by atoms with van der Waals surface area (Å²) in [4.78, 5) is 13.9. The van der Waals surface area contributed by atoms with Crippen LogP contribution in [0.5, 0.6) is 11.5 Å². The number of likely N-dealkylation sites (tertiary alicyclic amines) is 1. The number of aliphatic carboxylic acids is 1. The van der Waals surface area contributed by atoms with Crippen LogP contribution in [0.3, 0.4) is 0 Å². The summed E-state index contributed by atoms with van der Waals surface area (Å²) in [6, 6.07) is 13.5. The molecule has 1 fully saturated rings. The van der Waals surface area contributed by atoms with Gasteiger partial charge in [-0.25, -0.2) is 0 Å². The Morgan fingerprint density at radius 2 is 1.93 bits per heavy atom. The van der Waals surface area contributed by atoms with Crippen LogP contribution in [0.25, 0.3) is 0 Å². The van der Waals surface area contributed by atoms with E-state index >= 15 is 0 Å². The lowest BCUT2D eigenvalue weighted by Crippen LogP contribution is -2.39. The highest BCUT2D eigenvalue weighted by Gasteiger charge is 2.38. The lowest BCUT2D eigenvalue weighted by molar-refractivity contribution is -0.142. The van der Waals surface area contributed by atoms with Crippen molar-refractivity contribution in [2.75, 3.05) is 20.8 Å². The Kier molecular flexibility index (Phi) is 6.01. The fourth-order valence-electron chi connectivity index (χ4n) is 3.98. The molecule has 1 N–H and O–H groups in total. The third-order valence-corrected chi connectivity index (χ3v) is 5.34. The Bertz CT molecular complexity index is 787. The number of carbonyl (C=O) groups is 1. The molecule has 0 radical (unpaired) electrons. The van der Waals surface area contributed by atoms with Crippen LogP contribution in [-0.2, 0) is 11.2 Å². The molecular weight excluding hydrogens is 342 g/mol. The Morgan fingerprint density at radius 1 is 1.19 bits per heavy atom. The lowest BCUT2D eigenvalue weighted by atomic mass is 9.94. The van der Waals surface area contributed by atoms with Crippen LogP contribution in [0, 0.1) is 0 Å². The number of benzene rings is 2. The third-order valence-electron chi connectivity index (χ3n) is 5.34. The molecule has 5 nitrogen and oxygen atoms in total. The average Bonchev–Trinajstić information content (AvgIpc) is 3.18. The summed E-state index contributed by atoms with van der Waals surface area (Å²) in [6.07, 6.45) is 2.49. The largest absolute Gasteiger partial charge is 0.493 e. The van der Waals surface area contributed by atoms with Gasteiger partial charge >= 0.3 is 5.97 Å². The average molecular weight is 369 g/mol. The molecule has 0 saturated carbocycles. The molecule has 2 unspecified atom stereocenters. The van der Waals surface area contributed by atoms with Crippen molar-refractivity contribution in [1.82, 2.24) is 4.90 Å². The van der Waals surface area contributed by atoms with E-state index in [-0.39, 0.29) is 6.04 Å². The number of hydrogen-bond acceptors (Lipinski definition) is 4. The van der Waals surface area contributed by atoms with E-state index in [0.29, 0.717) is 17.9 Å². The molecule has 2 atom stereocenters. The smallest absolute Gasteiger partial charge is 0.320 e. The number of carboxylic acids is 1. The van der Waals surface area contributed by atoms with Gasteiger partial charge in [0.2, 0.25) is 0 Å². The first kappa shape index (κ1) is 19.2. The summed E-state index contributed by atoms with van der Waals surface area (Å²) in [5.41, 5.74) is 3.24. The molecule has 0 bridgehead atoms. The molecule has 1 aliphatic heterocycles. The highest BCUT2D eigenvalue weighted by atomic mass is 16.5. The van der Waals surface area contributed by atoms with Gasteiger partial charge in [-0.05, 0) is 36.5 Å². The van der Waals surface area contributed by atoms with Gasteiger partial charge in [-0.2, -0.15) is 0 Å². The van der Waals surface area contributed by atoms with Gasteiger partial charge in [0.1, 0.15) is 6.04 Å². The normalized spacial score (nSPS) is 18.3. The first-order chi connectivity index (χ1) is 13.1. The first-order valence-corrected chi connectivity index (χ1v) is 9.39. The van der Waals surface area contributed by atoms with Crippen LogP contribution in [-0.4, -0.2) is 42.8 Å². The Balaban J connectivity index is 2.14. The fourth-order valence-corrected chi connectivity index (χ4v) is 3.98. The van der Waals surface area contributed by atoms with Crippen molar-refractivity contribution in [2.24, 2.45) is 0 Å². The maximum absolute atomic E-state index is 11.9. The first-order valence-electron chi connectivity index (χ1n) is 9.39. The Morgan fingerprint density at radius 3 is 2.52 bits per heavy atom. The zero-order valence-electron chi connectivity index (χ0n) is 16.1. The van der Waals surface area contributed by atoms with Crippen molar-refractivity contribution < 1.29 is 19.4 Å². The lowest BCUT2D eigenvalue weighted by Gasteiger charge is -2.33. The highest BCUT2D eigenvalue weighted by molar-refractivity contribution is 5.74. The maximum Gasteiger partial charge on any atom is 0.320 e. The van der Waals surface area contributed by atoms with Crippen molar-refractivity contribution in [3.8, 4) is 11.5 Å². The van der Waals surface area contributed by atoms with Gasteiger partial charge in [-0.1, -0.05) is 43.3 Å². The third kappa shape index (κ3) is 3.78. The molecule has 0 spiro atoms. The zero-order chi connectivity index (χ0) is 19.4. The molecule has 144 valence electrons. The van der Waals surface area contributed by atoms with Crippen molar-refractivity contribution in [3.05, 3.63) is 59.2 Å². The monoisotopic (exact) mass is 369 g/mol. The summed E-state index contributed by atoms with van der Waals surface area (Å²) in [5, 5.41) is 9.74. The molecule has 1 heterocycles. The zero-order valence-corrected chi connectivity index (χ0v) is 16.1. The van der Waals surface area contributed by atoms with Gasteiger partial charge in [0.05, 0.1) is 20.3 Å². The van der Waals surface area contributed by atoms with E-state index in [2.05, 4.69) is 36.1 Å². The van der Waals surface area contributed by atoms with Gasteiger partial charge in [0.25, 0.3) is 0 Å². The van der Waals surface area contributed by atoms with E-state index in [1.54, 1.807) is 14.2 Å².